The molecule has 0 bridgehead atoms. The number of aliphatic hydroxyl groups excluding tert-OH is 1. The van der Waals surface area contributed by atoms with E-state index < -0.39 is 23.5 Å². The number of aliphatic hydroxyl groups is 1. The number of ether oxygens (including phenoxy) is 1. The van der Waals surface area contributed by atoms with Gasteiger partial charge >= 0.3 is 0 Å². The molecule has 2 heterocycles. The molecule has 1 amide bonds. The Morgan fingerprint density at radius 3 is 2.47 bits per heavy atom. The molecule has 0 fully saturated rings. The third-order valence-electron chi connectivity index (χ3n) is 5.63. The van der Waals surface area contributed by atoms with Gasteiger partial charge in [0.15, 0.2) is 11.5 Å². The number of hydrogen-bond acceptors (Lipinski definition) is 6. The number of nitrogens with zero attached hydrogens (tertiary/aromatic N) is 2. The van der Waals surface area contributed by atoms with Gasteiger partial charge in [-0.3, -0.25) is 9.59 Å². The molecular weight excluding hydrogens is 408 g/mol. The third kappa shape index (κ3) is 4.78. The average Bonchev–Trinajstić information content (AvgIpc) is 3.34. The van der Waals surface area contributed by atoms with Gasteiger partial charge in [0.2, 0.25) is 5.78 Å². The number of aryl methyl sites for hydroxylation is 1. The maximum Gasteiger partial charge on any atom is 0.290 e. The molecule has 170 valence electrons. The number of carbonyl (C=O) groups excluding carboxylic acids is 2. The maximum atomic E-state index is 13.3. The van der Waals surface area contributed by atoms with E-state index in [0.29, 0.717) is 36.8 Å². The van der Waals surface area contributed by atoms with Gasteiger partial charge < -0.3 is 24.1 Å². The molecule has 1 aromatic carbocycles. The van der Waals surface area contributed by atoms with Crippen molar-refractivity contribution < 1.29 is 23.8 Å². The summed E-state index contributed by atoms with van der Waals surface area (Å²) in [4.78, 5) is 30.0. The van der Waals surface area contributed by atoms with Gasteiger partial charge in [-0.05, 0) is 49.8 Å². The minimum absolute atomic E-state index is 0.0312. The predicted molar refractivity (Wildman–Crippen MR) is 122 cm³/mol. The molecule has 1 aliphatic heterocycles. The maximum absolute atomic E-state index is 13.3. The second kappa shape index (κ2) is 10.3. The number of carbonyl (C=O) groups is 2. The molecule has 0 spiro atoms. The van der Waals surface area contributed by atoms with E-state index in [1.807, 2.05) is 0 Å². The van der Waals surface area contributed by atoms with E-state index in [4.69, 9.17) is 9.15 Å². The van der Waals surface area contributed by atoms with Crippen LogP contribution in [-0.2, 0) is 4.79 Å². The molecule has 3 rings (SSSR count). The number of rotatable bonds is 11. The standard InChI is InChI=1S/C25H30N2O5/c1-5-16-31-19-11-9-18(10-12-19)22-21(23(28)20-13-8-17(4)32-20)24(29)25(30)27(22)15-14-26(6-2)7-3/h5,8-13,22,29H,1,6-7,14-16H2,2-4H3/t22-/m1/s1. The summed E-state index contributed by atoms with van der Waals surface area (Å²) >= 11 is 0. The SMILES string of the molecule is C=CCOc1ccc([C@@H]2C(C(=O)c3ccc(C)o3)=C(O)C(=O)N2CCN(CC)CC)cc1. The van der Waals surface area contributed by atoms with E-state index in [-0.39, 0.29) is 11.3 Å². The van der Waals surface area contributed by atoms with Crippen LogP contribution in [0.4, 0.5) is 0 Å². The smallest absolute Gasteiger partial charge is 0.290 e. The Morgan fingerprint density at radius 1 is 1.22 bits per heavy atom. The van der Waals surface area contributed by atoms with Gasteiger partial charge in [-0.25, -0.2) is 0 Å². The van der Waals surface area contributed by atoms with Gasteiger partial charge in [0.25, 0.3) is 5.91 Å². The molecule has 1 N–H and O–H groups in total. The molecule has 0 unspecified atom stereocenters. The minimum atomic E-state index is -0.718. The molecule has 0 aliphatic carbocycles. The van der Waals surface area contributed by atoms with Crippen molar-refractivity contribution in [3.63, 3.8) is 0 Å². The number of Topliss-reactive ketones (excluding diaryl/α,β-unsaturated/α-hetero) is 1. The second-order valence-corrected chi connectivity index (χ2v) is 7.60. The lowest BCUT2D eigenvalue weighted by Crippen LogP contribution is -2.38. The molecular formula is C25H30N2O5. The van der Waals surface area contributed by atoms with Gasteiger partial charge in [0.1, 0.15) is 18.1 Å². The summed E-state index contributed by atoms with van der Waals surface area (Å²) in [5, 5.41) is 10.7. The van der Waals surface area contributed by atoms with Crippen LogP contribution >= 0.6 is 0 Å². The summed E-state index contributed by atoms with van der Waals surface area (Å²) in [5.41, 5.74) is 0.739. The van der Waals surface area contributed by atoms with Crippen LogP contribution in [0.25, 0.3) is 0 Å². The third-order valence-corrected chi connectivity index (χ3v) is 5.63. The van der Waals surface area contributed by atoms with E-state index >= 15 is 0 Å². The fourth-order valence-corrected chi connectivity index (χ4v) is 3.84. The summed E-state index contributed by atoms with van der Waals surface area (Å²) in [5.74, 6) is -0.252. The number of likely N-dealkylation sites (N-methyl/N-ethyl adjacent to an activating group) is 1. The lowest BCUT2D eigenvalue weighted by Gasteiger charge is -2.29. The zero-order valence-electron chi connectivity index (χ0n) is 18.8. The summed E-state index contributed by atoms with van der Waals surface area (Å²) in [7, 11) is 0. The van der Waals surface area contributed by atoms with Crippen molar-refractivity contribution in [1.82, 2.24) is 9.80 Å². The van der Waals surface area contributed by atoms with E-state index in [9.17, 15) is 14.7 Å². The number of ketones is 1. The van der Waals surface area contributed by atoms with Crippen LogP contribution in [0.5, 0.6) is 5.75 Å². The van der Waals surface area contributed by atoms with Crippen LogP contribution in [-0.4, -0.2) is 59.4 Å². The monoisotopic (exact) mass is 438 g/mol. The molecule has 1 aromatic heterocycles. The molecule has 7 nitrogen and oxygen atoms in total. The summed E-state index contributed by atoms with van der Waals surface area (Å²) in [6.45, 7) is 12.5. The molecule has 0 saturated heterocycles. The topological polar surface area (TPSA) is 83.2 Å². The van der Waals surface area contributed by atoms with E-state index in [1.54, 1.807) is 54.3 Å². The van der Waals surface area contributed by atoms with E-state index in [0.717, 1.165) is 13.1 Å². The number of benzene rings is 1. The molecule has 0 saturated carbocycles. The highest BCUT2D eigenvalue weighted by atomic mass is 16.5. The number of furan rings is 1. The Kier molecular flexibility index (Phi) is 7.53. The van der Waals surface area contributed by atoms with Crippen molar-refractivity contribution in [3.05, 3.63) is 77.5 Å². The van der Waals surface area contributed by atoms with Crippen LogP contribution in [0.15, 0.2) is 64.8 Å². The minimum Gasteiger partial charge on any atom is -0.503 e. The molecule has 1 aliphatic rings. The fourth-order valence-electron chi connectivity index (χ4n) is 3.84. The van der Waals surface area contributed by atoms with Crippen LogP contribution in [0.1, 0.15) is 41.8 Å². The van der Waals surface area contributed by atoms with Crippen molar-refractivity contribution in [2.45, 2.75) is 26.8 Å². The summed E-state index contributed by atoms with van der Waals surface area (Å²) in [6, 6.07) is 9.69. The molecule has 1 atom stereocenters. The molecule has 7 heteroatoms. The summed E-state index contributed by atoms with van der Waals surface area (Å²) in [6.07, 6.45) is 1.65. The number of hydrogen-bond donors (Lipinski definition) is 1. The predicted octanol–water partition coefficient (Wildman–Crippen LogP) is 4.07. The Morgan fingerprint density at radius 2 is 1.91 bits per heavy atom. The Labute approximate surface area is 188 Å². The van der Waals surface area contributed by atoms with E-state index in [1.165, 1.54) is 0 Å². The first-order valence-corrected chi connectivity index (χ1v) is 10.8. The zero-order valence-corrected chi connectivity index (χ0v) is 18.8. The van der Waals surface area contributed by atoms with Gasteiger partial charge in [0, 0.05) is 13.1 Å². The van der Waals surface area contributed by atoms with Crippen LogP contribution in [0.3, 0.4) is 0 Å². The first kappa shape index (κ1) is 23.3. The molecule has 32 heavy (non-hydrogen) atoms. The van der Waals surface area contributed by atoms with Crippen LogP contribution in [0, 0.1) is 6.92 Å². The zero-order chi connectivity index (χ0) is 23.3. The Balaban J connectivity index is 1.98. The van der Waals surface area contributed by atoms with Crippen molar-refractivity contribution in [1.29, 1.82) is 0 Å². The summed E-state index contributed by atoms with van der Waals surface area (Å²) < 4.78 is 11.0. The van der Waals surface area contributed by atoms with Gasteiger partial charge in [0.05, 0.1) is 11.6 Å². The lowest BCUT2D eigenvalue weighted by atomic mass is 9.95. The fraction of sp³-hybridized carbons (Fsp3) is 0.360. The second-order valence-electron chi connectivity index (χ2n) is 7.60. The largest absolute Gasteiger partial charge is 0.503 e. The Hall–Kier alpha value is -3.32. The highest BCUT2D eigenvalue weighted by Gasteiger charge is 2.44. The van der Waals surface area contributed by atoms with Crippen LogP contribution < -0.4 is 4.74 Å². The molecule has 0 radical (unpaired) electrons. The highest BCUT2D eigenvalue weighted by Crippen LogP contribution is 2.39. The normalized spacial score (nSPS) is 16.2. The van der Waals surface area contributed by atoms with Crippen molar-refractivity contribution in [2.24, 2.45) is 0 Å². The van der Waals surface area contributed by atoms with Crippen molar-refractivity contribution >= 4 is 11.7 Å². The Bertz CT molecular complexity index is 1000. The van der Waals surface area contributed by atoms with Gasteiger partial charge in [-0.1, -0.05) is 38.6 Å². The molecule has 2 aromatic rings. The van der Waals surface area contributed by atoms with Gasteiger partial charge in [-0.15, -0.1) is 0 Å². The first-order chi connectivity index (χ1) is 15.4. The lowest BCUT2D eigenvalue weighted by molar-refractivity contribution is -0.129. The van der Waals surface area contributed by atoms with Crippen LogP contribution in [0.2, 0.25) is 0 Å². The van der Waals surface area contributed by atoms with Crippen molar-refractivity contribution in [3.8, 4) is 5.75 Å². The van der Waals surface area contributed by atoms with Gasteiger partial charge in [-0.2, -0.15) is 0 Å². The quantitative estimate of drug-likeness (QED) is 0.421. The van der Waals surface area contributed by atoms with E-state index in [2.05, 4.69) is 25.3 Å². The van der Waals surface area contributed by atoms with Crippen molar-refractivity contribution in [2.75, 3.05) is 32.8 Å². The first-order valence-electron chi connectivity index (χ1n) is 10.8. The average molecular weight is 439 g/mol. The number of amides is 1. The highest BCUT2D eigenvalue weighted by molar-refractivity contribution is 6.15.